The summed E-state index contributed by atoms with van der Waals surface area (Å²) < 4.78 is 1.06. The number of rotatable bonds is 2. The molecule has 5 nitrogen and oxygen atoms in total. The van der Waals surface area contributed by atoms with Crippen LogP contribution in [0.5, 0.6) is 5.75 Å². The van der Waals surface area contributed by atoms with Crippen LogP contribution in [0.4, 0.5) is 0 Å². The Morgan fingerprint density at radius 1 is 0.692 bits per heavy atom. The Balaban J connectivity index is 0.000000151. The van der Waals surface area contributed by atoms with Crippen molar-refractivity contribution in [3.05, 3.63) is 90.2 Å². The first-order valence-electron chi connectivity index (χ1n) is 7.80. The quantitative estimate of drug-likeness (QED) is 0.519. The van der Waals surface area contributed by atoms with Gasteiger partial charge in [0, 0.05) is 28.0 Å². The van der Waals surface area contributed by atoms with Crippen molar-refractivity contribution in [3.8, 4) is 28.3 Å². The van der Waals surface area contributed by atoms with Crippen molar-refractivity contribution in [2.24, 2.45) is 0 Å². The van der Waals surface area contributed by atoms with E-state index in [1.54, 1.807) is 43.0 Å². The number of phenols is 1. The van der Waals surface area contributed by atoms with Gasteiger partial charge in [-0.2, -0.15) is 0 Å². The largest absolute Gasteiger partial charge is 0.508 e. The highest BCUT2D eigenvalue weighted by atomic mass is 79.9. The highest BCUT2D eigenvalue weighted by molar-refractivity contribution is 9.10. The maximum atomic E-state index is 9.23. The first kappa shape index (κ1) is 17.7. The summed E-state index contributed by atoms with van der Waals surface area (Å²) in [5.74, 6) is 0.246. The van der Waals surface area contributed by atoms with E-state index >= 15 is 0 Å². The fraction of sp³-hybridized carbons (Fsp3) is 0. The molecule has 0 spiro atoms. The van der Waals surface area contributed by atoms with Gasteiger partial charge in [0.05, 0.1) is 11.4 Å². The third kappa shape index (κ3) is 4.94. The van der Waals surface area contributed by atoms with Gasteiger partial charge in [0.15, 0.2) is 0 Å². The van der Waals surface area contributed by atoms with Crippen LogP contribution in [-0.2, 0) is 0 Å². The molecule has 0 bridgehead atoms. The van der Waals surface area contributed by atoms with E-state index in [1.165, 1.54) is 6.33 Å². The molecule has 0 saturated carbocycles. The molecule has 1 N–H and O–H groups in total. The molecule has 4 rings (SSSR count). The normalized spacial score (nSPS) is 9.88. The molecular formula is C20H15BrN4O. The van der Waals surface area contributed by atoms with Crippen LogP contribution in [0, 0.1) is 0 Å². The molecule has 128 valence electrons. The topological polar surface area (TPSA) is 71.8 Å². The van der Waals surface area contributed by atoms with Crippen molar-refractivity contribution in [2.45, 2.75) is 0 Å². The van der Waals surface area contributed by atoms with Crippen LogP contribution in [0.3, 0.4) is 0 Å². The fourth-order valence-electron chi connectivity index (χ4n) is 2.24. The van der Waals surface area contributed by atoms with E-state index in [0.717, 1.165) is 27.0 Å². The van der Waals surface area contributed by atoms with Crippen molar-refractivity contribution in [1.82, 2.24) is 19.9 Å². The minimum absolute atomic E-state index is 0.246. The number of hydrogen-bond acceptors (Lipinski definition) is 5. The maximum Gasteiger partial charge on any atom is 0.116 e. The molecule has 0 unspecified atom stereocenters. The van der Waals surface area contributed by atoms with Crippen molar-refractivity contribution < 1.29 is 5.11 Å². The number of phenolic OH excluding ortho intramolecular Hbond substituents is 1. The summed E-state index contributed by atoms with van der Waals surface area (Å²) in [4.78, 5) is 15.9. The smallest absolute Gasteiger partial charge is 0.116 e. The molecule has 6 heteroatoms. The van der Waals surface area contributed by atoms with Gasteiger partial charge >= 0.3 is 0 Å². The van der Waals surface area contributed by atoms with Gasteiger partial charge in [-0.05, 0) is 36.4 Å². The molecule has 0 atom stereocenters. The van der Waals surface area contributed by atoms with Gasteiger partial charge in [-0.25, -0.2) is 19.9 Å². The molecule has 0 aliphatic rings. The second-order valence-corrected chi connectivity index (χ2v) is 6.17. The third-order valence-electron chi connectivity index (χ3n) is 3.43. The number of aromatic hydroxyl groups is 1. The first-order chi connectivity index (χ1) is 12.7. The summed E-state index contributed by atoms with van der Waals surface area (Å²) in [6, 6.07) is 18.7. The van der Waals surface area contributed by atoms with E-state index in [-0.39, 0.29) is 5.75 Å². The molecule has 0 amide bonds. The molecule has 0 aliphatic heterocycles. The standard InChI is InChI=1S/C10H7BrN2.C10H8N2O/c11-9-3-1-2-8(6-9)10-4-5-12-7-13-10;13-9-3-1-2-8(6-9)10-4-5-11-7-12-10/h1-7H;1-7,13H. The molecule has 0 radical (unpaired) electrons. The summed E-state index contributed by atoms with van der Waals surface area (Å²) in [6.07, 6.45) is 6.45. The number of hydrogen-bond donors (Lipinski definition) is 1. The molecule has 2 aromatic heterocycles. The van der Waals surface area contributed by atoms with Crippen LogP contribution in [0.15, 0.2) is 90.2 Å². The van der Waals surface area contributed by atoms with Crippen LogP contribution in [0.2, 0.25) is 0 Å². The number of benzene rings is 2. The van der Waals surface area contributed by atoms with Gasteiger partial charge in [0.25, 0.3) is 0 Å². The van der Waals surface area contributed by atoms with Crippen molar-refractivity contribution in [1.29, 1.82) is 0 Å². The zero-order valence-corrected chi connectivity index (χ0v) is 15.3. The van der Waals surface area contributed by atoms with Crippen LogP contribution < -0.4 is 0 Å². The molecule has 2 aromatic carbocycles. The monoisotopic (exact) mass is 406 g/mol. The molecular weight excluding hydrogens is 392 g/mol. The van der Waals surface area contributed by atoms with E-state index in [0.29, 0.717) is 0 Å². The summed E-state index contributed by atoms with van der Waals surface area (Å²) in [5.41, 5.74) is 3.74. The first-order valence-corrected chi connectivity index (χ1v) is 8.59. The predicted molar refractivity (Wildman–Crippen MR) is 104 cm³/mol. The Kier molecular flexibility index (Phi) is 6.01. The predicted octanol–water partition coefficient (Wildman–Crippen LogP) is 4.76. The van der Waals surface area contributed by atoms with Gasteiger partial charge in [-0.1, -0.05) is 40.2 Å². The van der Waals surface area contributed by atoms with Crippen LogP contribution in [0.25, 0.3) is 22.5 Å². The number of aromatic nitrogens is 4. The Labute approximate surface area is 159 Å². The zero-order valence-electron chi connectivity index (χ0n) is 13.7. The van der Waals surface area contributed by atoms with Gasteiger partial charge in [0.1, 0.15) is 18.4 Å². The maximum absolute atomic E-state index is 9.23. The lowest BCUT2D eigenvalue weighted by Gasteiger charge is -1.99. The molecule has 4 aromatic rings. The van der Waals surface area contributed by atoms with E-state index in [1.807, 2.05) is 36.4 Å². The lowest BCUT2D eigenvalue weighted by atomic mass is 10.1. The average molecular weight is 407 g/mol. The molecule has 0 saturated heterocycles. The second-order valence-electron chi connectivity index (χ2n) is 5.25. The average Bonchev–Trinajstić information content (AvgIpc) is 2.70. The molecule has 26 heavy (non-hydrogen) atoms. The highest BCUT2D eigenvalue weighted by Crippen LogP contribution is 2.20. The van der Waals surface area contributed by atoms with Gasteiger partial charge in [-0.15, -0.1) is 0 Å². The van der Waals surface area contributed by atoms with Gasteiger partial charge in [0.2, 0.25) is 0 Å². The van der Waals surface area contributed by atoms with E-state index in [9.17, 15) is 5.11 Å². The van der Waals surface area contributed by atoms with Crippen LogP contribution in [0.1, 0.15) is 0 Å². The summed E-state index contributed by atoms with van der Waals surface area (Å²) in [7, 11) is 0. The van der Waals surface area contributed by atoms with Crippen molar-refractivity contribution in [2.75, 3.05) is 0 Å². The van der Waals surface area contributed by atoms with Crippen LogP contribution in [-0.4, -0.2) is 25.0 Å². The summed E-state index contributed by atoms with van der Waals surface area (Å²) in [6.45, 7) is 0. The Morgan fingerprint density at radius 3 is 1.77 bits per heavy atom. The van der Waals surface area contributed by atoms with Crippen LogP contribution >= 0.6 is 15.9 Å². The summed E-state index contributed by atoms with van der Waals surface area (Å²) >= 11 is 3.42. The minimum atomic E-state index is 0.246. The van der Waals surface area contributed by atoms with E-state index in [4.69, 9.17) is 0 Å². The van der Waals surface area contributed by atoms with Crippen molar-refractivity contribution >= 4 is 15.9 Å². The fourth-order valence-corrected chi connectivity index (χ4v) is 2.64. The zero-order chi connectivity index (χ0) is 18.2. The van der Waals surface area contributed by atoms with Gasteiger partial charge < -0.3 is 5.11 Å². The lowest BCUT2D eigenvalue weighted by molar-refractivity contribution is 0.475. The lowest BCUT2D eigenvalue weighted by Crippen LogP contribution is -1.82. The number of halogens is 1. The Morgan fingerprint density at radius 2 is 1.27 bits per heavy atom. The van der Waals surface area contributed by atoms with E-state index < -0.39 is 0 Å². The third-order valence-corrected chi connectivity index (χ3v) is 3.92. The number of nitrogens with zero attached hydrogens (tertiary/aromatic N) is 4. The SMILES string of the molecule is Brc1cccc(-c2ccncn2)c1.Oc1cccc(-c2ccncn2)c1. The minimum Gasteiger partial charge on any atom is -0.508 e. The highest BCUT2D eigenvalue weighted by Gasteiger charge is 1.98. The summed E-state index contributed by atoms with van der Waals surface area (Å²) in [5, 5.41) is 9.23. The Bertz CT molecular complexity index is 884. The molecule has 0 fully saturated rings. The second kappa shape index (κ2) is 8.82. The van der Waals surface area contributed by atoms with Crippen molar-refractivity contribution in [3.63, 3.8) is 0 Å². The van der Waals surface area contributed by atoms with E-state index in [2.05, 4.69) is 35.9 Å². The van der Waals surface area contributed by atoms with Gasteiger partial charge in [-0.3, -0.25) is 0 Å². The molecule has 0 aliphatic carbocycles. The molecule has 2 heterocycles. The Hall–Kier alpha value is -3.12.